The van der Waals surface area contributed by atoms with Gasteiger partial charge in [0.2, 0.25) is 17.0 Å². The van der Waals surface area contributed by atoms with Crippen molar-refractivity contribution in [3.8, 4) is 17.3 Å². The first-order valence-corrected chi connectivity index (χ1v) is 10.2. The molecule has 0 spiro atoms. The first kappa shape index (κ1) is 21.0. The van der Waals surface area contributed by atoms with E-state index < -0.39 is 5.43 Å². The summed E-state index contributed by atoms with van der Waals surface area (Å²) >= 11 is 0. The number of rotatable bonds is 8. The van der Waals surface area contributed by atoms with Gasteiger partial charge in [-0.1, -0.05) is 25.5 Å². The number of carbonyl (C=O) groups excluding carboxylic acids is 1. The van der Waals surface area contributed by atoms with E-state index in [1.807, 2.05) is 6.08 Å². The molecular weight excluding hydrogens is 410 g/mol. The average molecular weight is 431 g/mol. The molecule has 162 valence electrons. The molecule has 0 saturated carbocycles. The van der Waals surface area contributed by atoms with E-state index in [0.717, 1.165) is 19.3 Å². The minimum atomic E-state index is -0.535. The molecule has 9 heteroatoms. The summed E-state index contributed by atoms with van der Waals surface area (Å²) in [6.07, 6.45) is 6.79. The van der Waals surface area contributed by atoms with E-state index >= 15 is 0 Å². The van der Waals surface area contributed by atoms with Crippen LogP contribution in [0.3, 0.4) is 0 Å². The maximum atomic E-state index is 13.2. The third-order valence-corrected chi connectivity index (χ3v) is 4.89. The highest BCUT2D eigenvalue weighted by Crippen LogP contribution is 2.27. The van der Waals surface area contributed by atoms with Gasteiger partial charge in [0.05, 0.1) is 11.6 Å². The lowest BCUT2D eigenvalue weighted by Gasteiger charge is -2.08. The summed E-state index contributed by atoms with van der Waals surface area (Å²) < 4.78 is 11.3. The Morgan fingerprint density at radius 1 is 1.22 bits per heavy atom. The van der Waals surface area contributed by atoms with E-state index in [1.54, 1.807) is 48.7 Å². The van der Waals surface area contributed by atoms with Crippen LogP contribution in [-0.4, -0.2) is 26.4 Å². The molecule has 32 heavy (non-hydrogen) atoms. The Balaban J connectivity index is 1.65. The van der Waals surface area contributed by atoms with Crippen molar-refractivity contribution in [1.29, 1.82) is 0 Å². The number of nitrogens with one attached hydrogen (secondary N) is 1. The minimum absolute atomic E-state index is 0.00524. The van der Waals surface area contributed by atoms with Crippen LogP contribution in [-0.2, 0) is 0 Å². The normalized spacial score (nSPS) is 11.3. The second-order valence-corrected chi connectivity index (χ2v) is 7.07. The van der Waals surface area contributed by atoms with E-state index in [0.29, 0.717) is 11.3 Å². The number of hydrogen-bond donors (Lipinski definition) is 2. The Morgan fingerprint density at radius 3 is 2.75 bits per heavy atom. The summed E-state index contributed by atoms with van der Waals surface area (Å²) in [6, 6.07) is 11.5. The van der Waals surface area contributed by atoms with Crippen LogP contribution >= 0.6 is 0 Å². The molecule has 0 aliphatic carbocycles. The number of carbonyl (C=O) groups is 1. The smallest absolute Gasteiger partial charge is 0.242 e. The molecule has 2 aromatic carbocycles. The summed E-state index contributed by atoms with van der Waals surface area (Å²) in [5.74, 6) is 0.326. The molecule has 0 radical (unpaired) electrons. The molecule has 0 amide bonds. The number of unbranched alkanes of at least 4 members (excludes halogenated alkanes) is 2. The highest BCUT2D eigenvalue weighted by atomic mass is 16.5. The summed E-state index contributed by atoms with van der Waals surface area (Å²) in [4.78, 5) is 26.2. The third kappa shape index (κ3) is 4.13. The first-order valence-electron chi connectivity index (χ1n) is 10.2. The molecule has 9 nitrogen and oxygen atoms in total. The largest absolute Gasteiger partial charge is 0.465 e. The van der Waals surface area contributed by atoms with E-state index in [4.69, 9.17) is 14.9 Å². The molecule has 3 N–H and O–H groups in total. The highest BCUT2D eigenvalue weighted by molar-refractivity contribution is 6.16. The lowest BCUT2D eigenvalue weighted by atomic mass is 9.98. The Morgan fingerprint density at radius 2 is 2.03 bits per heavy atom. The average Bonchev–Trinajstić information content (AvgIpc) is 3.35. The predicted octanol–water partition coefficient (Wildman–Crippen LogP) is 3.87. The standard InChI is InChI=1S/C23H21N5O4/c1-2-3-4-5-13-31-15-11-9-14(10-12-15)20(29)16-7-6-8-17-18(16)21(30)19(24)22(32-17)23-25-27-28-26-23/h5-13H,2-4,24H2,1H3,(H,25,26,27,28)/b13-5+. The fourth-order valence-electron chi connectivity index (χ4n) is 3.22. The van der Waals surface area contributed by atoms with Crippen LogP contribution in [0, 0.1) is 0 Å². The Hall–Kier alpha value is -4.27. The maximum absolute atomic E-state index is 13.2. The summed E-state index contributed by atoms with van der Waals surface area (Å²) in [5, 5.41) is 13.4. The minimum Gasteiger partial charge on any atom is -0.465 e. The van der Waals surface area contributed by atoms with Crippen molar-refractivity contribution in [1.82, 2.24) is 20.6 Å². The predicted molar refractivity (Wildman–Crippen MR) is 119 cm³/mol. The monoisotopic (exact) mass is 431 g/mol. The van der Waals surface area contributed by atoms with Gasteiger partial charge in [0, 0.05) is 11.1 Å². The molecule has 0 aliphatic rings. The van der Waals surface area contributed by atoms with E-state index in [9.17, 15) is 9.59 Å². The number of benzene rings is 2. The van der Waals surface area contributed by atoms with Crippen LogP contribution in [0.4, 0.5) is 5.69 Å². The van der Waals surface area contributed by atoms with Crippen LogP contribution in [0.5, 0.6) is 5.75 Å². The van der Waals surface area contributed by atoms with Crippen molar-refractivity contribution in [2.45, 2.75) is 26.2 Å². The van der Waals surface area contributed by atoms with Gasteiger partial charge < -0.3 is 14.9 Å². The van der Waals surface area contributed by atoms with Gasteiger partial charge in [-0.25, -0.2) is 0 Å². The van der Waals surface area contributed by atoms with Gasteiger partial charge in [-0.05, 0) is 54.5 Å². The number of H-pyrrole nitrogens is 1. The number of aromatic nitrogens is 4. The molecule has 4 rings (SSSR count). The van der Waals surface area contributed by atoms with Crippen molar-refractivity contribution in [2.75, 3.05) is 5.73 Å². The topological polar surface area (TPSA) is 137 Å². The van der Waals surface area contributed by atoms with Gasteiger partial charge >= 0.3 is 0 Å². The van der Waals surface area contributed by atoms with Crippen LogP contribution in [0.2, 0.25) is 0 Å². The molecule has 2 aromatic heterocycles. The van der Waals surface area contributed by atoms with Crippen LogP contribution in [0.25, 0.3) is 22.6 Å². The second kappa shape index (κ2) is 9.25. The lowest BCUT2D eigenvalue weighted by Crippen LogP contribution is -2.14. The van der Waals surface area contributed by atoms with Crippen molar-refractivity contribution < 1.29 is 13.9 Å². The lowest BCUT2D eigenvalue weighted by molar-refractivity contribution is 0.104. The number of allylic oxidation sites excluding steroid dienone is 1. The number of ketones is 1. The van der Waals surface area contributed by atoms with Crippen LogP contribution in [0.1, 0.15) is 42.1 Å². The zero-order valence-electron chi connectivity index (χ0n) is 17.4. The van der Waals surface area contributed by atoms with Crippen molar-refractivity contribution >= 4 is 22.4 Å². The SMILES string of the molecule is CCCC/C=C/Oc1ccc(C(=O)c2cccc3oc(-c4nn[nH]n4)c(N)c(=O)c23)cc1. The van der Waals surface area contributed by atoms with E-state index in [-0.39, 0.29) is 39.6 Å². The van der Waals surface area contributed by atoms with Gasteiger partial charge in [-0.3, -0.25) is 9.59 Å². The third-order valence-electron chi connectivity index (χ3n) is 4.89. The van der Waals surface area contributed by atoms with Gasteiger partial charge in [0.15, 0.2) is 5.78 Å². The molecule has 0 saturated heterocycles. The fraction of sp³-hybridized carbons (Fsp3) is 0.174. The molecule has 0 atom stereocenters. The molecule has 4 aromatic rings. The van der Waals surface area contributed by atoms with Gasteiger partial charge in [-0.2, -0.15) is 5.21 Å². The van der Waals surface area contributed by atoms with Gasteiger partial charge in [-0.15, -0.1) is 10.2 Å². The molecular formula is C23H21N5O4. The number of fused-ring (bicyclic) bond motifs is 1. The maximum Gasteiger partial charge on any atom is 0.242 e. The summed E-state index contributed by atoms with van der Waals surface area (Å²) in [7, 11) is 0. The van der Waals surface area contributed by atoms with Crippen LogP contribution < -0.4 is 15.9 Å². The Kier molecular flexibility index (Phi) is 6.07. The zero-order chi connectivity index (χ0) is 22.5. The summed E-state index contributed by atoms with van der Waals surface area (Å²) in [6.45, 7) is 2.13. The van der Waals surface area contributed by atoms with Crippen molar-refractivity contribution in [2.24, 2.45) is 0 Å². The summed E-state index contributed by atoms with van der Waals surface area (Å²) in [5.41, 5.74) is 6.04. The number of anilines is 1. The second-order valence-electron chi connectivity index (χ2n) is 7.07. The van der Waals surface area contributed by atoms with Crippen molar-refractivity contribution in [3.63, 3.8) is 0 Å². The number of nitrogens with two attached hydrogens (primary N) is 1. The Labute approximate surface area is 182 Å². The molecule has 0 bridgehead atoms. The molecule has 0 aliphatic heterocycles. The van der Waals surface area contributed by atoms with E-state index in [1.165, 1.54) is 0 Å². The van der Waals surface area contributed by atoms with Gasteiger partial charge in [0.1, 0.15) is 17.0 Å². The molecule has 0 unspecified atom stereocenters. The number of nitrogens with zero attached hydrogens (tertiary/aromatic N) is 3. The number of ether oxygens (including phenoxy) is 1. The molecule has 0 fully saturated rings. The number of tetrazole rings is 1. The van der Waals surface area contributed by atoms with Crippen molar-refractivity contribution in [3.05, 3.63) is 76.2 Å². The molecule has 2 heterocycles. The number of hydrogen-bond acceptors (Lipinski definition) is 8. The number of aromatic amines is 1. The fourth-order valence-corrected chi connectivity index (χ4v) is 3.22. The quantitative estimate of drug-likeness (QED) is 0.244. The van der Waals surface area contributed by atoms with Crippen LogP contribution in [0.15, 0.2) is 64.0 Å². The zero-order valence-corrected chi connectivity index (χ0v) is 17.4. The number of nitrogen functional groups attached to an aromatic ring is 1. The van der Waals surface area contributed by atoms with E-state index in [2.05, 4.69) is 27.5 Å². The first-order chi connectivity index (χ1) is 15.6. The van der Waals surface area contributed by atoms with Gasteiger partial charge in [0.25, 0.3) is 0 Å². The highest BCUT2D eigenvalue weighted by Gasteiger charge is 2.21. The Bertz CT molecular complexity index is 1330.